The number of nitro groups is 2. The molecule has 0 saturated carbocycles. The van der Waals surface area contributed by atoms with Crippen molar-refractivity contribution in [2.45, 2.75) is 38.8 Å². The van der Waals surface area contributed by atoms with Crippen molar-refractivity contribution < 1.29 is 15.0 Å². The van der Waals surface area contributed by atoms with Crippen molar-refractivity contribution in [2.75, 3.05) is 6.54 Å². The topological polar surface area (TPSA) is 119 Å². The molecule has 0 amide bonds. The minimum Gasteiger partial charge on any atom is -0.389 e. The minimum atomic E-state index is -0.852. The molecule has 1 aromatic carbocycles. The standard InChI is InChI=1S/C13H19N3O5/c1-3-13(17,4-2)9-14-8-10-5-6-11(15(18)19)7-12(10)16(20)21/h5-7,14,17H,3-4,8-9H2,1-2H3. The molecule has 2 N–H and O–H groups in total. The lowest BCUT2D eigenvalue weighted by molar-refractivity contribution is -0.394. The molecule has 0 spiro atoms. The number of benzene rings is 1. The molecule has 1 rings (SSSR count). The molecule has 0 unspecified atom stereocenters. The van der Waals surface area contributed by atoms with Gasteiger partial charge in [0.2, 0.25) is 0 Å². The van der Waals surface area contributed by atoms with Crippen molar-refractivity contribution in [1.29, 1.82) is 0 Å². The van der Waals surface area contributed by atoms with E-state index < -0.39 is 15.4 Å². The van der Waals surface area contributed by atoms with Crippen LogP contribution in [-0.2, 0) is 6.54 Å². The predicted molar refractivity (Wildman–Crippen MR) is 77.0 cm³/mol. The number of non-ortho nitro benzene ring substituents is 1. The van der Waals surface area contributed by atoms with Crippen molar-refractivity contribution in [2.24, 2.45) is 0 Å². The van der Waals surface area contributed by atoms with Gasteiger partial charge in [0.1, 0.15) is 0 Å². The lowest BCUT2D eigenvalue weighted by Gasteiger charge is -2.25. The summed E-state index contributed by atoms with van der Waals surface area (Å²) in [6.45, 7) is 4.18. The van der Waals surface area contributed by atoms with Gasteiger partial charge in [-0.3, -0.25) is 20.2 Å². The molecular formula is C13H19N3O5. The Bertz CT molecular complexity index is 529. The Labute approximate surface area is 122 Å². The van der Waals surface area contributed by atoms with E-state index in [4.69, 9.17) is 0 Å². The summed E-state index contributed by atoms with van der Waals surface area (Å²) in [5.74, 6) is 0. The van der Waals surface area contributed by atoms with Gasteiger partial charge in [-0.1, -0.05) is 13.8 Å². The predicted octanol–water partition coefficient (Wildman–Crippen LogP) is 2.14. The summed E-state index contributed by atoms with van der Waals surface area (Å²) < 4.78 is 0. The lowest BCUT2D eigenvalue weighted by atomic mass is 9.97. The Morgan fingerprint density at radius 3 is 2.29 bits per heavy atom. The highest BCUT2D eigenvalue weighted by Gasteiger charge is 2.23. The first-order valence-electron chi connectivity index (χ1n) is 6.67. The third kappa shape index (κ3) is 4.47. The molecule has 8 nitrogen and oxygen atoms in total. The zero-order chi connectivity index (χ0) is 16.0. The number of rotatable bonds is 8. The maximum Gasteiger partial charge on any atom is 0.280 e. The smallest absolute Gasteiger partial charge is 0.280 e. The Morgan fingerprint density at radius 2 is 1.81 bits per heavy atom. The number of hydrogen-bond acceptors (Lipinski definition) is 6. The maximum absolute atomic E-state index is 11.0. The van der Waals surface area contributed by atoms with Gasteiger partial charge < -0.3 is 10.4 Å². The van der Waals surface area contributed by atoms with Crippen molar-refractivity contribution in [3.05, 3.63) is 44.0 Å². The molecule has 0 radical (unpaired) electrons. The van der Waals surface area contributed by atoms with Crippen molar-refractivity contribution >= 4 is 11.4 Å². The van der Waals surface area contributed by atoms with E-state index in [1.165, 1.54) is 12.1 Å². The largest absolute Gasteiger partial charge is 0.389 e. The van der Waals surface area contributed by atoms with Crippen LogP contribution in [-0.4, -0.2) is 27.1 Å². The molecule has 0 aliphatic heterocycles. The molecule has 0 aliphatic rings. The quantitative estimate of drug-likeness (QED) is 0.560. The Hall–Kier alpha value is -2.06. The molecule has 0 aromatic heterocycles. The summed E-state index contributed by atoms with van der Waals surface area (Å²) in [6.07, 6.45) is 1.14. The van der Waals surface area contributed by atoms with Gasteiger partial charge in [-0.25, -0.2) is 0 Å². The summed E-state index contributed by atoms with van der Waals surface area (Å²) in [5, 5.41) is 34.7. The Balaban J connectivity index is 2.84. The second-order valence-electron chi connectivity index (χ2n) is 4.86. The van der Waals surface area contributed by atoms with Gasteiger partial charge in [0, 0.05) is 24.7 Å². The van der Waals surface area contributed by atoms with Crippen LogP contribution >= 0.6 is 0 Å². The fourth-order valence-electron chi connectivity index (χ4n) is 1.92. The number of nitrogens with zero attached hydrogens (tertiary/aromatic N) is 2. The van der Waals surface area contributed by atoms with E-state index in [0.717, 1.165) is 6.07 Å². The zero-order valence-corrected chi connectivity index (χ0v) is 12.0. The summed E-state index contributed by atoms with van der Waals surface area (Å²) in [5.41, 5.74) is -1.12. The molecule has 0 bridgehead atoms. The first kappa shape index (κ1) is 17.0. The van der Waals surface area contributed by atoms with E-state index in [9.17, 15) is 25.3 Å². The number of nitro benzene ring substituents is 2. The molecule has 21 heavy (non-hydrogen) atoms. The van der Waals surface area contributed by atoms with Crippen LogP contribution in [0.1, 0.15) is 32.3 Å². The Morgan fingerprint density at radius 1 is 1.19 bits per heavy atom. The van der Waals surface area contributed by atoms with Gasteiger partial charge in [-0.15, -0.1) is 0 Å². The molecule has 0 saturated heterocycles. The molecule has 0 aliphatic carbocycles. The Kier molecular flexibility index (Phi) is 5.74. The van der Waals surface area contributed by atoms with Gasteiger partial charge in [0.05, 0.1) is 21.5 Å². The minimum absolute atomic E-state index is 0.163. The molecule has 0 heterocycles. The number of aliphatic hydroxyl groups is 1. The second kappa shape index (κ2) is 7.09. The molecular weight excluding hydrogens is 278 g/mol. The normalized spacial score (nSPS) is 11.4. The van der Waals surface area contributed by atoms with Crippen LogP contribution in [0.15, 0.2) is 18.2 Å². The van der Waals surface area contributed by atoms with Gasteiger partial charge in [0.15, 0.2) is 0 Å². The fourth-order valence-corrected chi connectivity index (χ4v) is 1.92. The average Bonchev–Trinajstić information content (AvgIpc) is 2.46. The molecule has 116 valence electrons. The van der Waals surface area contributed by atoms with E-state index in [1.54, 1.807) is 0 Å². The molecule has 0 atom stereocenters. The summed E-state index contributed by atoms with van der Waals surface area (Å²) in [6, 6.07) is 3.54. The lowest BCUT2D eigenvalue weighted by Crippen LogP contribution is -2.39. The molecule has 8 heteroatoms. The maximum atomic E-state index is 11.0. The summed E-state index contributed by atoms with van der Waals surface area (Å²) in [7, 11) is 0. The van der Waals surface area contributed by atoms with Crippen LogP contribution in [0.4, 0.5) is 11.4 Å². The third-order valence-corrected chi connectivity index (χ3v) is 3.56. The van der Waals surface area contributed by atoms with Crippen LogP contribution < -0.4 is 5.32 Å². The monoisotopic (exact) mass is 297 g/mol. The first-order valence-corrected chi connectivity index (χ1v) is 6.67. The van der Waals surface area contributed by atoms with Crippen LogP contribution in [0.3, 0.4) is 0 Å². The van der Waals surface area contributed by atoms with Crippen LogP contribution in [0.25, 0.3) is 0 Å². The van der Waals surface area contributed by atoms with E-state index in [2.05, 4.69) is 5.32 Å². The van der Waals surface area contributed by atoms with E-state index in [1.807, 2.05) is 13.8 Å². The molecule has 0 fully saturated rings. The van der Waals surface area contributed by atoms with Gasteiger partial charge in [0.25, 0.3) is 11.4 Å². The number of hydrogen-bond donors (Lipinski definition) is 2. The number of nitrogens with one attached hydrogen (secondary N) is 1. The van der Waals surface area contributed by atoms with Crippen molar-refractivity contribution in [3.8, 4) is 0 Å². The highest BCUT2D eigenvalue weighted by Crippen LogP contribution is 2.24. The SMILES string of the molecule is CCC(O)(CC)CNCc1ccc([N+](=O)[O-])cc1[N+](=O)[O-]. The first-order chi connectivity index (χ1) is 9.83. The van der Waals surface area contributed by atoms with Crippen LogP contribution in [0, 0.1) is 20.2 Å². The van der Waals surface area contributed by atoms with Crippen molar-refractivity contribution in [3.63, 3.8) is 0 Å². The van der Waals surface area contributed by atoms with Crippen LogP contribution in [0.2, 0.25) is 0 Å². The second-order valence-corrected chi connectivity index (χ2v) is 4.86. The van der Waals surface area contributed by atoms with Crippen molar-refractivity contribution in [1.82, 2.24) is 5.32 Å². The van der Waals surface area contributed by atoms with Gasteiger partial charge in [-0.2, -0.15) is 0 Å². The highest BCUT2D eigenvalue weighted by molar-refractivity contribution is 5.49. The van der Waals surface area contributed by atoms with E-state index in [-0.39, 0.29) is 17.9 Å². The summed E-state index contributed by atoms with van der Waals surface area (Å²) >= 11 is 0. The van der Waals surface area contributed by atoms with E-state index >= 15 is 0 Å². The van der Waals surface area contributed by atoms with Gasteiger partial charge in [-0.05, 0) is 18.9 Å². The molecule has 1 aromatic rings. The van der Waals surface area contributed by atoms with Gasteiger partial charge >= 0.3 is 0 Å². The third-order valence-electron chi connectivity index (χ3n) is 3.56. The highest BCUT2D eigenvalue weighted by atomic mass is 16.6. The zero-order valence-electron chi connectivity index (χ0n) is 12.0. The summed E-state index contributed by atoms with van der Waals surface area (Å²) in [4.78, 5) is 20.3. The van der Waals surface area contributed by atoms with E-state index in [0.29, 0.717) is 24.9 Å². The van der Waals surface area contributed by atoms with Crippen LogP contribution in [0.5, 0.6) is 0 Å². The average molecular weight is 297 g/mol. The fraction of sp³-hybridized carbons (Fsp3) is 0.538.